The van der Waals surface area contributed by atoms with E-state index in [0.29, 0.717) is 34.0 Å². The van der Waals surface area contributed by atoms with E-state index < -0.39 is 0 Å². The van der Waals surface area contributed by atoms with E-state index in [1.54, 1.807) is 36.4 Å². The Morgan fingerprint density at radius 3 is 2.35 bits per heavy atom. The third-order valence-electron chi connectivity index (χ3n) is 6.04. The number of amides is 1. The minimum Gasteiger partial charge on any atom is -0.398 e. The first-order valence-corrected chi connectivity index (χ1v) is 11.7. The Labute approximate surface area is 213 Å². The Bertz CT molecular complexity index is 1760. The Balaban J connectivity index is 1.37. The maximum absolute atomic E-state index is 12.9. The summed E-state index contributed by atoms with van der Waals surface area (Å²) in [5.41, 5.74) is 16.5. The lowest BCUT2D eigenvalue weighted by atomic mass is 10.1. The summed E-state index contributed by atoms with van der Waals surface area (Å²) in [5, 5.41) is 5.51. The first-order valence-electron chi connectivity index (χ1n) is 11.7. The number of aromatic nitrogens is 2. The van der Waals surface area contributed by atoms with Crippen LogP contribution in [0, 0.1) is 0 Å². The van der Waals surface area contributed by atoms with E-state index >= 15 is 0 Å². The van der Waals surface area contributed by atoms with Crippen molar-refractivity contribution in [2.24, 2.45) is 24.1 Å². The molecule has 0 saturated carbocycles. The number of carbonyl (C=O) groups is 1. The molecule has 0 bridgehead atoms. The Kier molecular flexibility index (Phi) is 6.30. The fourth-order valence-corrected chi connectivity index (χ4v) is 4.05. The minimum absolute atomic E-state index is 0.333. The summed E-state index contributed by atoms with van der Waals surface area (Å²) in [6.07, 6.45) is 5.79. The van der Waals surface area contributed by atoms with Gasteiger partial charge in [0.1, 0.15) is 0 Å². The number of benzene rings is 3. The fourth-order valence-electron chi connectivity index (χ4n) is 4.05. The summed E-state index contributed by atoms with van der Waals surface area (Å²) < 4.78 is 3.97. The average molecular weight is 490 g/mol. The van der Waals surface area contributed by atoms with Crippen LogP contribution in [-0.2, 0) is 14.1 Å². The molecule has 0 spiro atoms. The predicted molar refractivity (Wildman–Crippen MR) is 148 cm³/mol. The minimum atomic E-state index is -0.333. The van der Waals surface area contributed by atoms with Crippen LogP contribution in [0.2, 0.25) is 0 Å². The van der Waals surface area contributed by atoms with Crippen molar-refractivity contribution in [2.45, 2.75) is 0 Å². The molecule has 0 saturated heterocycles. The van der Waals surface area contributed by atoms with E-state index in [0.717, 1.165) is 21.6 Å². The van der Waals surface area contributed by atoms with Crippen LogP contribution in [-0.4, -0.2) is 15.0 Å². The van der Waals surface area contributed by atoms with Gasteiger partial charge in [-0.1, -0.05) is 18.2 Å². The number of nitrogens with two attached hydrogens (primary N) is 2. The van der Waals surface area contributed by atoms with E-state index in [1.807, 2.05) is 84.3 Å². The second kappa shape index (κ2) is 9.87. The molecule has 5 N–H and O–H groups in total. The van der Waals surface area contributed by atoms with Crippen LogP contribution in [0.3, 0.4) is 0 Å². The molecule has 8 heteroatoms. The molecule has 37 heavy (non-hydrogen) atoms. The second-order valence-corrected chi connectivity index (χ2v) is 8.77. The first kappa shape index (κ1) is 23.6. The molecular weight excluding hydrogens is 462 g/mol. The van der Waals surface area contributed by atoms with Gasteiger partial charge >= 0.3 is 0 Å². The Hall–Kier alpha value is -5.11. The van der Waals surface area contributed by atoms with Gasteiger partial charge in [0.25, 0.3) is 5.91 Å². The number of hydrogen-bond donors (Lipinski definition) is 3. The molecule has 5 rings (SSSR count). The lowest BCUT2D eigenvalue weighted by Gasteiger charge is -2.10. The first-order chi connectivity index (χ1) is 17.9. The van der Waals surface area contributed by atoms with Crippen LogP contribution in [0.15, 0.2) is 107 Å². The molecule has 0 unspecified atom stereocenters. The van der Waals surface area contributed by atoms with Gasteiger partial charge in [0.05, 0.1) is 33.3 Å². The van der Waals surface area contributed by atoms with Gasteiger partial charge in [-0.05, 0) is 60.7 Å². The highest BCUT2D eigenvalue weighted by atomic mass is 16.1. The standard InChI is InChI=1S/C29H27N7O/c1-35-14-11-19(12-15-35)32-27-10-8-21(18-25(27)31)34-29(37)22-9-7-20(17-24(22)30)33-26-13-16-36(2)28-6-4-3-5-23(26)28/h3-18H,30-31H2,1-2H3,(H,34,37). The highest BCUT2D eigenvalue weighted by Gasteiger charge is 2.12. The van der Waals surface area contributed by atoms with Crippen molar-refractivity contribution in [3.8, 4) is 0 Å². The lowest BCUT2D eigenvalue weighted by Crippen LogP contribution is -2.14. The van der Waals surface area contributed by atoms with Gasteiger partial charge in [0.15, 0.2) is 0 Å². The van der Waals surface area contributed by atoms with Crippen LogP contribution in [0.1, 0.15) is 10.4 Å². The fraction of sp³-hybridized carbons (Fsp3) is 0.0690. The summed E-state index contributed by atoms with van der Waals surface area (Å²) in [6.45, 7) is 0. The number of nitrogens with one attached hydrogen (secondary N) is 1. The van der Waals surface area contributed by atoms with Gasteiger partial charge in [-0.2, -0.15) is 0 Å². The van der Waals surface area contributed by atoms with E-state index in [2.05, 4.69) is 10.3 Å². The number of hydrogen-bond acceptors (Lipinski definition) is 5. The maximum Gasteiger partial charge on any atom is 0.257 e. The number of aryl methyl sites for hydroxylation is 2. The Morgan fingerprint density at radius 1 is 0.811 bits per heavy atom. The molecule has 0 aliphatic rings. The summed E-state index contributed by atoms with van der Waals surface area (Å²) in [4.78, 5) is 22.3. The van der Waals surface area contributed by atoms with E-state index in [4.69, 9.17) is 16.5 Å². The third-order valence-corrected chi connectivity index (χ3v) is 6.04. The average Bonchev–Trinajstić information content (AvgIpc) is 2.89. The van der Waals surface area contributed by atoms with Crippen molar-refractivity contribution in [2.75, 3.05) is 16.8 Å². The lowest BCUT2D eigenvalue weighted by molar-refractivity contribution is 0.102. The van der Waals surface area contributed by atoms with Crippen molar-refractivity contribution < 1.29 is 4.79 Å². The highest BCUT2D eigenvalue weighted by molar-refractivity contribution is 6.08. The number of fused-ring (bicyclic) bond motifs is 1. The van der Waals surface area contributed by atoms with Gasteiger partial charge in [-0.15, -0.1) is 0 Å². The molecule has 0 radical (unpaired) electrons. The Morgan fingerprint density at radius 2 is 1.59 bits per heavy atom. The van der Waals surface area contributed by atoms with Gasteiger partial charge in [0, 0.05) is 55.0 Å². The van der Waals surface area contributed by atoms with Crippen molar-refractivity contribution in [3.63, 3.8) is 0 Å². The molecule has 3 aromatic carbocycles. The highest BCUT2D eigenvalue weighted by Crippen LogP contribution is 2.26. The molecule has 5 aromatic rings. The van der Waals surface area contributed by atoms with Crippen LogP contribution < -0.4 is 27.5 Å². The second-order valence-electron chi connectivity index (χ2n) is 8.77. The summed E-state index contributed by atoms with van der Waals surface area (Å²) in [7, 11) is 3.94. The van der Waals surface area contributed by atoms with Crippen LogP contribution in [0.5, 0.6) is 0 Å². The van der Waals surface area contributed by atoms with Crippen molar-refractivity contribution in [1.82, 2.24) is 9.13 Å². The number of carbonyl (C=O) groups excluding carboxylic acids is 1. The number of nitrogens with zero attached hydrogens (tertiary/aromatic N) is 4. The zero-order chi connectivity index (χ0) is 25.9. The number of anilines is 3. The van der Waals surface area contributed by atoms with Gasteiger partial charge in [-0.25, -0.2) is 9.98 Å². The summed E-state index contributed by atoms with van der Waals surface area (Å²) in [5.74, 6) is -0.333. The van der Waals surface area contributed by atoms with E-state index in [9.17, 15) is 4.79 Å². The molecule has 0 aliphatic heterocycles. The van der Waals surface area contributed by atoms with E-state index in [1.165, 1.54) is 0 Å². The summed E-state index contributed by atoms with van der Waals surface area (Å²) >= 11 is 0. The third kappa shape index (κ3) is 5.13. The SMILES string of the molecule is Cn1ccc(=Nc2ccc(NC(=O)c3ccc(N=c4ccn(C)c5ccccc45)cc3N)cc2N)cc1. The predicted octanol–water partition coefficient (Wildman–Crippen LogP) is 4.40. The number of para-hydroxylation sites is 1. The quantitative estimate of drug-likeness (QED) is 0.325. The molecule has 1 amide bonds. The monoisotopic (exact) mass is 489 g/mol. The van der Waals surface area contributed by atoms with Crippen molar-refractivity contribution >= 4 is 45.2 Å². The van der Waals surface area contributed by atoms with Crippen LogP contribution in [0.4, 0.5) is 28.4 Å². The molecule has 2 heterocycles. The van der Waals surface area contributed by atoms with Crippen LogP contribution >= 0.6 is 0 Å². The molecule has 0 aliphatic carbocycles. The molecule has 0 fully saturated rings. The number of nitrogen functional groups attached to an aromatic ring is 2. The topological polar surface area (TPSA) is 116 Å². The smallest absolute Gasteiger partial charge is 0.257 e. The zero-order valence-corrected chi connectivity index (χ0v) is 20.6. The normalized spacial score (nSPS) is 11.5. The molecule has 0 atom stereocenters. The van der Waals surface area contributed by atoms with Gasteiger partial charge in [0.2, 0.25) is 0 Å². The van der Waals surface area contributed by atoms with Crippen LogP contribution in [0.25, 0.3) is 10.9 Å². The van der Waals surface area contributed by atoms with Gasteiger partial charge in [-0.3, -0.25) is 4.79 Å². The van der Waals surface area contributed by atoms with E-state index in [-0.39, 0.29) is 5.91 Å². The van der Waals surface area contributed by atoms with Crippen molar-refractivity contribution in [1.29, 1.82) is 0 Å². The summed E-state index contributed by atoms with van der Waals surface area (Å²) in [6, 6.07) is 24.2. The molecule has 184 valence electrons. The van der Waals surface area contributed by atoms with Crippen molar-refractivity contribution in [3.05, 3.63) is 114 Å². The molecular formula is C29H27N7O. The molecule has 2 aromatic heterocycles. The van der Waals surface area contributed by atoms with Gasteiger partial charge < -0.3 is 25.9 Å². The maximum atomic E-state index is 12.9. The number of rotatable bonds is 4. The largest absolute Gasteiger partial charge is 0.398 e. The number of pyridine rings is 2. The zero-order valence-electron chi connectivity index (χ0n) is 20.6. The molecule has 8 nitrogen and oxygen atoms in total.